The Morgan fingerprint density at radius 3 is 2.47 bits per heavy atom. The first kappa shape index (κ1) is 13.6. The third kappa shape index (κ3) is 4.08. The molecule has 1 fully saturated rings. The minimum absolute atomic E-state index is 0.0465. The van der Waals surface area contributed by atoms with E-state index < -0.39 is 0 Å². The number of anilines is 1. The summed E-state index contributed by atoms with van der Waals surface area (Å²) in [4.78, 5) is 11.9. The van der Waals surface area contributed by atoms with Crippen LogP contribution in [0.5, 0.6) is 0 Å². The number of benzene rings is 1. The number of nitriles is 1. The molecule has 3 N–H and O–H groups in total. The van der Waals surface area contributed by atoms with E-state index in [4.69, 9.17) is 11.0 Å². The van der Waals surface area contributed by atoms with Crippen LogP contribution >= 0.6 is 0 Å². The number of hydrogen-bond acceptors (Lipinski definition) is 3. The van der Waals surface area contributed by atoms with Crippen LogP contribution in [0.15, 0.2) is 24.3 Å². The molecule has 4 heteroatoms. The standard InChI is InChI=1S/C15H19N3O/c16-10-12-3-7-14(8-4-12)18-15(19)9-11-1-5-13(17)6-2-11/h3-4,7-8,11,13H,1-2,5-6,9,17H2,(H,18,19). The fraction of sp³-hybridized carbons (Fsp3) is 0.467. The number of nitrogens with one attached hydrogen (secondary N) is 1. The monoisotopic (exact) mass is 257 g/mol. The molecule has 1 aromatic rings. The van der Waals surface area contributed by atoms with Crippen LogP contribution < -0.4 is 11.1 Å². The summed E-state index contributed by atoms with van der Waals surface area (Å²) in [5.41, 5.74) is 7.20. The lowest BCUT2D eigenvalue weighted by atomic mass is 9.84. The lowest BCUT2D eigenvalue weighted by Crippen LogP contribution is -2.28. The fourth-order valence-electron chi connectivity index (χ4n) is 2.49. The van der Waals surface area contributed by atoms with Crippen molar-refractivity contribution in [1.82, 2.24) is 0 Å². The molecule has 1 aliphatic rings. The van der Waals surface area contributed by atoms with Gasteiger partial charge in [-0.2, -0.15) is 5.26 Å². The van der Waals surface area contributed by atoms with Gasteiger partial charge >= 0.3 is 0 Å². The predicted octanol–water partition coefficient (Wildman–Crippen LogP) is 2.40. The van der Waals surface area contributed by atoms with Crippen LogP contribution in [0.4, 0.5) is 5.69 Å². The van der Waals surface area contributed by atoms with Crippen molar-refractivity contribution in [2.45, 2.75) is 38.1 Å². The smallest absolute Gasteiger partial charge is 0.224 e. The van der Waals surface area contributed by atoms with Crippen LogP contribution in [0, 0.1) is 17.2 Å². The Kier molecular flexibility index (Phi) is 4.53. The molecular formula is C15H19N3O. The highest BCUT2D eigenvalue weighted by Gasteiger charge is 2.20. The normalized spacial score (nSPS) is 22.5. The first-order valence-electron chi connectivity index (χ1n) is 6.73. The molecule has 1 amide bonds. The first-order chi connectivity index (χ1) is 9.17. The highest BCUT2D eigenvalue weighted by molar-refractivity contribution is 5.90. The molecule has 1 saturated carbocycles. The van der Waals surface area contributed by atoms with E-state index in [0.717, 1.165) is 31.4 Å². The zero-order chi connectivity index (χ0) is 13.7. The van der Waals surface area contributed by atoms with Gasteiger partial charge in [-0.3, -0.25) is 4.79 Å². The molecule has 19 heavy (non-hydrogen) atoms. The van der Waals surface area contributed by atoms with Crippen LogP contribution in [-0.2, 0) is 4.79 Å². The Hall–Kier alpha value is -1.86. The molecule has 0 saturated heterocycles. The average Bonchev–Trinajstić information content (AvgIpc) is 2.42. The number of nitrogens with zero attached hydrogens (tertiary/aromatic N) is 1. The number of carbonyl (C=O) groups is 1. The van der Waals surface area contributed by atoms with Gasteiger partial charge in [0.15, 0.2) is 0 Å². The minimum atomic E-state index is 0.0465. The first-order valence-corrected chi connectivity index (χ1v) is 6.73. The lowest BCUT2D eigenvalue weighted by molar-refractivity contribution is -0.117. The number of rotatable bonds is 3. The van der Waals surface area contributed by atoms with Crippen molar-refractivity contribution in [3.63, 3.8) is 0 Å². The van der Waals surface area contributed by atoms with Crippen LogP contribution in [0.1, 0.15) is 37.7 Å². The fourth-order valence-corrected chi connectivity index (χ4v) is 2.49. The topological polar surface area (TPSA) is 78.9 Å². The highest BCUT2D eigenvalue weighted by atomic mass is 16.1. The van der Waals surface area contributed by atoms with Gasteiger partial charge in [-0.15, -0.1) is 0 Å². The second-order valence-electron chi connectivity index (χ2n) is 5.22. The maximum absolute atomic E-state index is 11.9. The third-order valence-corrected chi connectivity index (χ3v) is 3.66. The summed E-state index contributed by atoms with van der Waals surface area (Å²) < 4.78 is 0. The summed E-state index contributed by atoms with van der Waals surface area (Å²) in [6, 6.07) is 9.29. The van der Waals surface area contributed by atoms with Gasteiger partial charge in [0, 0.05) is 18.2 Å². The molecule has 2 rings (SSSR count). The molecule has 1 aromatic carbocycles. The van der Waals surface area contributed by atoms with Crippen molar-refractivity contribution in [1.29, 1.82) is 5.26 Å². The maximum atomic E-state index is 11.9. The second-order valence-corrected chi connectivity index (χ2v) is 5.22. The molecule has 100 valence electrons. The van der Waals surface area contributed by atoms with Crippen LogP contribution in [0.25, 0.3) is 0 Å². The Balaban J connectivity index is 1.82. The van der Waals surface area contributed by atoms with E-state index in [2.05, 4.69) is 11.4 Å². The number of nitrogens with two attached hydrogens (primary N) is 1. The summed E-state index contributed by atoms with van der Waals surface area (Å²) in [5, 5.41) is 11.6. The average molecular weight is 257 g/mol. The van der Waals surface area contributed by atoms with Crippen molar-refractivity contribution in [3.05, 3.63) is 29.8 Å². The van der Waals surface area contributed by atoms with E-state index in [9.17, 15) is 4.79 Å². The van der Waals surface area contributed by atoms with Gasteiger partial charge in [0.1, 0.15) is 0 Å². The Morgan fingerprint density at radius 1 is 1.26 bits per heavy atom. The van der Waals surface area contributed by atoms with Gasteiger partial charge in [-0.1, -0.05) is 0 Å². The molecule has 1 aliphatic carbocycles. The summed E-state index contributed by atoms with van der Waals surface area (Å²) >= 11 is 0. The largest absolute Gasteiger partial charge is 0.328 e. The van der Waals surface area contributed by atoms with E-state index in [1.54, 1.807) is 24.3 Å². The van der Waals surface area contributed by atoms with Crippen molar-refractivity contribution in [3.8, 4) is 6.07 Å². The summed E-state index contributed by atoms with van der Waals surface area (Å²) in [7, 11) is 0. The van der Waals surface area contributed by atoms with Crippen molar-refractivity contribution < 1.29 is 4.79 Å². The molecule has 0 aliphatic heterocycles. The van der Waals surface area contributed by atoms with Crippen molar-refractivity contribution in [2.75, 3.05) is 5.32 Å². The number of amides is 1. The molecule has 0 spiro atoms. The predicted molar refractivity (Wildman–Crippen MR) is 74.3 cm³/mol. The SMILES string of the molecule is N#Cc1ccc(NC(=O)CC2CCC(N)CC2)cc1. The molecule has 0 atom stereocenters. The molecule has 0 bridgehead atoms. The van der Waals surface area contributed by atoms with Crippen LogP contribution in [-0.4, -0.2) is 11.9 Å². The minimum Gasteiger partial charge on any atom is -0.328 e. The zero-order valence-corrected chi connectivity index (χ0v) is 10.9. The van der Waals surface area contributed by atoms with Gasteiger partial charge in [-0.05, 0) is 55.9 Å². The second kappa shape index (κ2) is 6.35. The zero-order valence-electron chi connectivity index (χ0n) is 10.9. The van der Waals surface area contributed by atoms with E-state index >= 15 is 0 Å². The molecule has 0 radical (unpaired) electrons. The highest BCUT2D eigenvalue weighted by Crippen LogP contribution is 2.26. The van der Waals surface area contributed by atoms with E-state index in [1.807, 2.05) is 0 Å². The van der Waals surface area contributed by atoms with E-state index in [0.29, 0.717) is 23.9 Å². The van der Waals surface area contributed by atoms with Crippen LogP contribution in [0.3, 0.4) is 0 Å². The Bertz CT molecular complexity index is 467. The summed E-state index contributed by atoms with van der Waals surface area (Å²) in [6.45, 7) is 0. The molecular weight excluding hydrogens is 238 g/mol. The Labute approximate surface area is 113 Å². The van der Waals surface area contributed by atoms with E-state index in [-0.39, 0.29) is 5.91 Å². The van der Waals surface area contributed by atoms with Crippen molar-refractivity contribution in [2.24, 2.45) is 11.7 Å². The Morgan fingerprint density at radius 2 is 1.89 bits per heavy atom. The van der Waals surface area contributed by atoms with Gasteiger partial charge < -0.3 is 11.1 Å². The molecule has 0 heterocycles. The molecule has 0 aromatic heterocycles. The van der Waals surface area contributed by atoms with Gasteiger partial charge in [-0.25, -0.2) is 0 Å². The van der Waals surface area contributed by atoms with Gasteiger partial charge in [0.05, 0.1) is 11.6 Å². The van der Waals surface area contributed by atoms with Crippen molar-refractivity contribution >= 4 is 11.6 Å². The quantitative estimate of drug-likeness (QED) is 0.872. The number of carbonyl (C=O) groups excluding carboxylic acids is 1. The molecule has 0 unspecified atom stereocenters. The van der Waals surface area contributed by atoms with Gasteiger partial charge in [0.25, 0.3) is 0 Å². The summed E-state index contributed by atoms with van der Waals surface area (Å²) in [6.07, 6.45) is 4.69. The third-order valence-electron chi connectivity index (χ3n) is 3.66. The van der Waals surface area contributed by atoms with Gasteiger partial charge in [0.2, 0.25) is 5.91 Å². The summed E-state index contributed by atoms with van der Waals surface area (Å²) in [5.74, 6) is 0.503. The van der Waals surface area contributed by atoms with Crippen LogP contribution in [0.2, 0.25) is 0 Å². The molecule has 4 nitrogen and oxygen atoms in total. The lowest BCUT2D eigenvalue weighted by Gasteiger charge is -2.25. The maximum Gasteiger partial charge on any atom is 0.224 e. The number of hydrogen-bond donors (Lipinski definition) is 2. The van der Waals surface area contributed by atoms with E-state index in [1.165, 1.54) is 0 Å².